The Morgan fingerprint density at radius 1 is 0.969 bits per heavy atom. The normalized spacial score (nSPS) is 10.8. The Kier molecular flexibility index (Phi) is 6.57. The van der Waals surface area contributed by atoms with Gasteiger partial charge in [0.2, 0.25) is 5.13 Å². The van der Waals surface area contributed by atoms with Gasteiger partial charge in [-0.2, -0.15) is 5.10 Å². The summed E-state index contributed by atoms with van der Waals surface area (Å²) in [4.78, 5) is 18.9. The monoisotopic (exact) mass is 441 g/mol. The molecular weight excluding hydrogens is 418 g/mol. The van der Waals surface area contributed by atoms with Gasteiger partial charge in [-0.15, -0.1) is 11.3 Å². The number of nitrogens with zero attached hydrogens (tertiary/aromatic N) is 3. The Balaban J connectivity index is 1.35. The van der Waals surface area contributed by atoms with E-state index in [9.17, 15) is 4.79 Å². The molecule has 1 aromatic heterocycles. The van der Waals surface area contributed by atoms with Crippen molar-refractivity contribution in [2.24, 2.45) is 5.10 Å². The van der Waals surface area contributed by atoms with Gasteiger partial charge >= 0.3 is 0 Å². The molecule has 0 atom stereocenters. The zero-order valence-electron chi connectivity index (χ0n) is 17.8. The topological polar surface area (TPSA) is 69.6 Å². The highest BCUT2D eigenvalue weighted by molar-refractivity contribution is 7.14. The number of aromatic nitrogens is 1. The van der Waals surface area contributed by atoms with Crippen LogP contribution in [0.25, 0.3) is 11.3 Å². The van der Waals surface area contributed by atoms with Crippen molar-refractivity contribution in [1.82, 2.24) is 4.98 Å². The Labute approximate surface area is 191 Å². The standard InChI is InChI=1S/C25H23N5OS/c1-30(2)22-14-8-18(9-15-22)16-26-29-25-28-23(17-32-25)19-10-12-21(13-11-19)27-24(31)20-6-4-3-5-7-20/h3-17H,1-2H3,(H,27,31)(H,28,29). The number of nitrogens with one attached hydrogen (secondary N) is 2. The van der Waals surface area contributed by atoms with Crippen LogP contribution in [0.5, 0.6) is 0 Å². The maximum Gasteiger partial charge on any atom is 0.255 e. The van der Waals surface area contributed by atoms with Crippen molar-refractivity contribution in [1.29, 1.82) is 0 Å². The summed E-state index contributed by atoms with van der Waals surface area (Å²) in [5.74, 6) is -0.132. The van der Waals surface area contributed by atoms with Gasteiger partial charge in [0.25, 0.3) is 5.91 Å². The van der Waals surface area contributed by atoms with E-state index in [0.29, 0.717) is 10.7 Å². The second kappa shape index (κ2) is 9.89. The zero-order chi connectivity index (χ0) is 22.3. The third-order valence-electron chi connectivity index (χ3n) is 4.76. The van der Waals surface area contributed by atoms with Crippen LogP contribution in [0, 0.1) is 0 Å². The van der Waals surface area contributed by atoms with Crippen LogP contribution in [0.3, 0.4) is 0 Å². The van der Waals surface area contributed by atoms with Crippen molar-refractivity contribution in [3.05, 3.63) is 95.4 Å². The van der Waals surface area contributed by atoms with Crippen molar-refractivity contribution in [2.75, 3.05) is 29.7 Å². The second-order valence-corrected chi connectivity index (χ2v) is 8.15. The number of thiazole rings is 1. The van der Waals surface area contributed by atoms with Crippen LogP contribution in [0.4, 0.5) is 16.5 Å². The molecule has 0 aliphatic carbocycles. The average molecular weight is 442 g/mol. The van der Waals surface area contributed by atoms with Crippen LogP contribution < -0.4 is 15.6 Å². The molecule has 0 spiro atoms. The number of rotatable bonds is 7. The SMILES string of the molecule is CN(C)c1ccc(C=NNc2nc(-c3ccc(NC(=O)c4ccccc4)cc3)cs2)cc1. The minimum Gasteiger partial charge on any atom is -0.378 e. The molecule has 0 radical (unpaired) electrons. The summed E-state index contributed by atoms with van der Waals surface area (Å²) in [6, 6.07) is 24.9. The number of carbonyl (C=O) groups is 1. The van der Waals surface area contributed by atoms with E-state index < -0.39 is 0 Å². The Hall–Kier alpha value is -3.97. The number of hydrogen-bond donors (Lipinski definition) is 2. The lowest BCUT2D eigenvalue weighted by Crippen LogP contribution is -2.11. The fraction of sp³-hybridized carbons (Fsp3) is 0.0800. The number of carbonyl (C=O) groups excluding carboxylic acids is 1. The summed E-state index contributed by atoms with van der Waals surface area (Å²) in [5.41, 5.74) is 8.32. The van der Waals surface area contributed by atoms with Crippen LogP contribution in [0.2, 0.25) is 0 Å². The predicted molar refractivity (Wildman–Crippen MR) is 134 cm³/mol. The minimum atomic E-state index is -0.132. The zero-order valence-corrected chi connectivity index (χ0v) is 18.6. The number of amides is 1. The summed E-state index contributed by atoms with van der Waals surface area (Å²) < 4.78 is 0. The van der Waals surface area contributed by atoms with Crippen molar-refractivity contribution >= 4 is 40.0 Å². The number of hydrazone groups is 1. The number of anilines is 3. The summed E-state index contributed by atoms with van der Waals surface area (Å²) in [7, 11) is 4.03. The van der Waals surface area contributed by atoms with E-state index in [1.165, 1.54) is 11.3 Å². The van der Waals surface area contributed by atoms with E-state index in [0.717, 1.165) is 28.2 Å². The van der Waals surface area contributed by atoms with Crippen LogP contribution in [0.1, 0.15) is 15.9 Å². The maximum atomic E-state index is 12.3. The highest BCUT2D eigenvalue weighted by atomic mass is 32.1. The molecule has 3 aromatic carbocycles. The molecule has 4 rings (SSSR count). The van der Waals surface area contributed by atoms with Crippen LogP contribution in [-0.4, -0.2) is 31.2 Å². The Morgan fingerprint density at radius 3 is 2.38 bits per heavy atom. The Morgan fingerprint density at radius 2 is 1.69 bits per heavy atom. The van der Waals surface area contributed by atoms with Gasteiger partial charge in [-0.1, -0.05) is 42.5 Å². The van der Waals surface area contributed by atoms with Gasteiger partial charge in [0.1, 0.15) is 0 Å². The molecule has 0 aliphatic rings. The third kappa shape index (κ3) is 5.39. The van der Waals surface area contributed by atoms with E-state index in [1.54, 1.807) is 18.3 Å². The molecule has 4 aromatic rings. The first-order chi connectivity index (χ1) is 15.6. The molecule has 0 bridgehead atoms. The van der Waals surface area contributed by atoms with E-state index in [2.05, 4.69) is 37.9 Å². The average Bonchev–Trinajstić information content (AvgIpc) is 3.29. The van der Waals surface area contributed by atoms with E-state index >= 15 is 0 Å². The lowest BCUT2D eigenvalue weighted by Gasteiger charge is -2.11. The molecule has 1 heterocycles. The lowest BCUT2D eigenvalue weighted by atomic mass is 10.1. The van der Waals surface area contributed by atoms with E-state index in [-0.39, 0.29) is 5.91 Å². The minimum absolute atomic E-state index is 0.132. The fourth-order valence-electron chi connectivity index (χ4n) is 3.00. The van der Waals surface area contributed by atoms with Crippen LogP contribution in [-0.2, 0) is 0 Å². The first-order valence-corrected chi connectivity index (χ1v) is 11.0. The molecule has 0 aliphatic heterocycles. The van der Waals surface area contributed by atoms with Crippen molar-refractivity contribution in [2.45, 2.75) is 0 Å². The van der Waals surface area contributed by atoms with E-state index in [4.69, 9.17) is 0 Å². The molecule has 0 unspecified atom stereocenters. The molecule has 7 heteroatoms. The fourth-order valence-corrected chi connectivity index (χ4v) is 3.66. The van der Waals surface area contributed by atoms with Crippen molar-refractivity contribution in [3.8, 4) is 11.3 Å². The lowest BCUT2D eigenvalue weighted by molar-refractivity contribution is 0.102. The maximum absolute atomic E-state index is 12.3. The summed E-state index contributed by atoms with van der Waals surface area (Å²) in [6.07, 6.45) is 1.77. The van der Waals surface area contributed by atoms with Gasteiger partial charge in [-0.05, 0) is 42.0 Å². The van der Waals surface area contributed by atoms with Gasteiger partial charge < -0.3 is 10.2 Å². The quantitative estimate of drug-likeness (QED) is 0.290. The molecule has 0 saturated heterocycles. The van der Waals surface area contributed by atoms with Crippen molar-refractivity contribution < 1.29 is 4.79 Å². The Bertz CT molecular complexity index is 1200. The first-order valence-electron chi connectivity index (χ1n) is 10.1. The number of hydrogen-bond acceptors (Lipinski definition) is 6. The first kappa shape index (κ1) is 21.3. The van der Waals surface area contributed by atoms with Gasteiger partial charge in [-0.25, -0.2) is 4.98 Å². The van der Waals surface area contributed by atoms with Gasteiger partial charge in [0.05, 0.1) is 11.9 Å². The highest BCUT2D eigenvalue weighted by Crippen LogP contribution is 2.26. The molecule has 160 valence electrons. The van der Waals surface area contributed by atoms with Crippen molar-refractivity contribution in [3.63, 3.8) is 0 Å². The van der Waals surface area contributed by atoms with Gasteiger partial charge in [0, 0.05) is 42.0 Å². The molecule has 32 heavy (non-hydrogen) atoms. The highest BCUT2D eigenvalue weighted by Gasteiger charge is 2.07. The van der Waals surface area contributed by atoms with Gasteiger partial charge in [-0.3, -0.25) is 10.2 Å². The molecule has 0 saturated carbocycles. The van der Waals surface area contributed by atoms with Gasteiger partial charge in [0.15, 0.2) is 0 Å². The molecule has 1 amide bonds. The molecule has 0 fully saturated rings. The largest absolute Gasteiger partial charge is 0.378 e. The third-order valence-corrected chi connectivity index (χ3v) is 5.51. The van der Waals surface area contributed by atoms with Crippen LogP contribution in [0.15, 0.2) is 89.3 Å². The molecular formula is C25H23N5OS. The molecule has 6 nitrogen and oxygen atoms in total. The number of benzene rings is 3. The van der Waals surface area contributed by atoms with E-state index in [1.807, 2.05) is 74.1 Å². The molecule has 2 N–H and O–H groups in total. The van der Waals surface area contributed by atoms with Crippen LogP contribution >= 0.6 is 11.3 Å². The summed E-state index contributed by atoms with van der Waals surface area (Å²) >= 11 is 1.49. The summed E-state index contributed by atoms with van der Waals surface area (Å²) in [5, 5.41) is 9.87. The predicted octanol–water partition coefficient (Wildman–Crippen LogP) is 5.57. The second-order valence-electron chi connectivity index (χ2n) is 7.29. The summed E-state index contributed by atoms with van der Waals surface area (Å²) in [6.45, 7) is 0. The smallest absolute Gasteiger partial charge is 0.255 e.